The van der Waals surface area contributed by atoms with E-state index >= 15 is 0 Å². The third-order valence-corrected chi connectivity index (χ3v) is 3.45. The van der Waals surface area contributed by atoms with Gasteiger partial charge in [-0.15, -0.1) is 0 Å². The van der Waals surface area contributed by atoms with Gasteiger partial charge < -0.3 is 5.32 Å². The minimum absolute atomic E-state index is 0.597. The van der Waals surface area contributed by atoms with Crippen LogP contribution in [0.3, 0.4) is 0 Å². The van der Waals surface area contributed by atoms with Crippen molar-refractivity contribution in [3.63, 3.8) is 0 Å². The van der Waals surface area contributed by atoms with Gasteiger partial charge in [-0.3, -0.25) is 0 Å². The van der Waals surface area contributed by atoms with E-state index < -0.39 is 0 Å². The molecule has 0 bridgehead atoms. The second-order valence-electron chi connectivity index (χ2n) is 4.50. The van der Waals surface area contributed by atoms with Crippen LogP contribution in [0.25, 0.3) is 10.4 Å². The Labute approximate surface area is 111 Å². The van der Waals surface area contributed by atoms with Crippen LogP contribution in [0, 0.1) is 17.2 Å². The Hall–Kier alpha value is -1.86. The maximum Gasteiger partial charge on any atom is 0.183 e. The van der Waals surface area contributed by atoms with Crippen LogP contribution < -0.4 is 5.32 Å². The lowest BCUT2D eigenvalue weighted by molar-refractivity contribution is 0.688. The molecular weight excluding hydrogens is 242 g/mol. The molecular formula is C14H15N3S. The minimum atomic E-state index is 0.597. The molecule has 0 saturated heterocycles. The number of thiazole rings is 1. The van der Waals surface area contributed by atoms with Crippen molar-refractivity contribution in [3.8, 4) is 16.5 Å². The maximum atomic E-state index is 8.88. The van der Waals surface area contributed by atoms with E-state index in [1.807, 2.05) is 30.5 Å². The second kappa shape index (κ2) is 5.65. The number of rotatable bonds is 4. The molecule has 1 N–H and O–H groups in total. The van der Waals surface area contributed by atoms with Crippen molar-refractivity contribution >= 4 is 16.5 Å². The Kier molecular flexibility index (Phi) is 3.96. The molecule has 2 rings (SSSR count). The predicted molar refractivity (Wildman–Crippen MR) is 75.6 cm³/mol. The van der Waals surface area contributed by atoms with Crippen LogP contribution in [-0.4, -0.2) is 11.5 Å². The first-order chi connectivity index (χ1) is 8.69. The van der Waals surface area contributed by atoms with Crippen molar-refractivity contribution < 1.29 is 0 Å². The molecule has 1 heterocycles. The van der Waals surface area contributed by atoms with Gasteiger partial charge in [0.2, 0.25) is 0 Å². The number of nitrogens with zero attached hydrogens (tertiary/aromatic N) is 2. The van der Waals surface area contributed by atoms with E-state index in [1.54, 1.807) is 11.3 Å². The zero-order valence-electron chi connectivity index (χ0n) is 10.5. The lowest BCUT2D eigenvalue weighted by Crippen LogP contribution is -2.07. The summed E-state index contributed by atoms with van der Waals surface area (Å²) in [7, 11) is 0. The number of hydrogen-bond acceptors (Lipinski definition) is 4. The third-order valence-electron chi connectivity index (χ3n) is 2.44. The first kappa shape index (κ1) is 12.6. The third kappa shape index (κ3) is 3.08. The van der Waals surface area contributed by atoms with Crippen molar-refractivity contribution in [3.05, 3.63) is 36.0 Å². The SMILES string of the molecule is CC(C)CNc1ncc(-c2cccc(C#N)c2)s1. The average Bonchev–Trinajstić information content (AvgIpc) is 2.85. The number of nitriles is 1. The van der Waals surface area contributed by atoms with Gasteiger partial charge in [-0.05, 0) is 23.6 Å². The molecule has 3 nitrogen and oxygen atoms in total. The summed E-state index contributed by atoms with van der Waals surface area (Å²) in [5, 5.41) is 13.1. The molecule has 2 aromatic rings. The summed E-state index contributed by atoms with van der Waals surface area (Å²) in [5.74, 6) is 0.597. The maximum absolute atomic E-state index is 8.88. The van der Waals surface area contributed by atoms with Gasteiger partial charge in [-0.25, -0.2) is 4.98 Å². The Balaban J connectivity index is 2.16. The fourth-order valence-electron chi connectivity index (χ4n) is 1.52. The standard InChI is InChI=1S/C14H15N3S/c1-10(2)8-16-14-17-9-13(18-14)12-5-3-4-11(6-12)7-15/h3-6,9-10H,8H2,1-2H3,(H,16,17). The first-order valence-electron chi connectivity index (χ1n) is 5.89. The predicted octanol–water partition coefficient (Wildman–Crippen LogP) is 3.75. The van der Waals surface area contributed by atoms with E-state index in [2.05, 4.69) is 30.2 Å². The van der Waals surface area contributed by atoms with Crippen molar-refractivity contribution in [2.24, 2.45) is 5.92 Å². The lowest BCUT2D eigenvalue weighted by atomic mass is 10.1. The molecule has 0 unspecified atom stereocenters. The Morgan fingerprint density at radius 2 is 2.28 bits per heavy atom. The highest BCUT2D eigenvalue weighted by Gasteiger charge is 2.05. The topological polar surface area (TPSA) is 48.7 Å². The fraction of sp³-hybridized carbons (Fsp3) is 0.286. The van der Waals surface area contributed by atoms with E-state index in [0.29, 0.717) is 11.5 Å². The highest BCUT2D eigenvalue weighted by molar-refractivity contribution is 7.18. The van der Waals surface area contributed by atoms with E-state index in [9.17, 15) is 0 Å². The van der Waals surface area contributed by atoms with E-state index in [0.717, 1.165) is 22.1 Å². The summed E-state index contributed by atoms with van der Waals surface area (Å²) in [4.78, 5) is 5.43. The highest BCUT2D eigenvalue weighted by Crippen LogP contribution is 2.29. The monoisotopic (exact) mass is 257 g/mol. The summed E-state index contributed by atoms with van der Waals surface area (Å²) in [6, 6.07) is 9.75. The Bertz CT molecular complexity index is 566. The molecule has 92 valence electrons. The van der Waals surface area contributed by atoms with Crippen molar-refractivity contribution in [1.29, 1.82) is 5.26 Å². The molecule has 1 aromatic heterocycles. The largest absolute Gasteiger partial charge is 0.361 e. The molecule has 0 aliphatic carbocycles. The molecule has 0 spiro atoms. The average molecular weight is 257 g/mol. The van der Waals surface area contributed by atoms with E-state index in [-0.39, 0.29) is 0 Å². The molecule has 0 fully saturated rings. The summed E-state index contributed by atoms with van der Waals surface area (Å²) in [6.07, 6.45) is 1.85. The normalized spacial score (nSPS) is 10.3. The molecule has 0 saturated carbocycles. The van der Waals surface area contributed by atoms with Gasteiger partial charge in [0.15, 0.2) is 5.13 Å². The molecule has 4 heteroatoms. The zero-order chi connectivity index (χ0) is 13.0. The Morgan fingerprint density at radius 1 is 1.44 bits per heavy atom. The van der Waals surface area contributed by atoms with Crippen LogP contribution in [0.15, 0.2) is 30.5 Å². The molecule has 0 aliphatic rings. The number of aromatic nitrogens is 1. The van der Waals surface area contributed by atoms with Crippen molar-refractivity contribution in [2.45, 2.75) is 13.8 Å². The molecule has 0 radical (unpaired) electrons. The summed E-state index contributed by atoms with van der Waals surface area (Å²) >= 11 is 1.62. The fourth-order valence-corrected chi connectivity index (χ4v) is 2.34. The van der Waals surface area contributed by atoms with Gasteiger partial charge >= 0.3 is 0 Å². The summed E-state index contributed by atoms with van der Waals surface area (Å²) in [5.41, 5.74) is 1.72. The number of benzene rings is 1. The zero-order valence-corrected chi connectivity index (χ0v) is 11.3. The van der Waals surface area contributed by atoms with E-state index in [1.165, 1.54) is 0 Å². The second-order valence-corrected chi connectivity index (χ2v) is 5.53. The molecule has 0 aliphatic heterocycles. The van der Waals surface area contributed by atoms with Gasteiger partial charge in [0.25, 0.3) is 0 Å². The minimum Gasteiger partial charge on any atom is -0.361 e. The van der Waals surface area contributed by atoms with Gasteiger partial charge in [0.1, 0.15) is 0 Å². The number of anilines is 1. The summed E-state index contributed by atoms with van der Waals surface area (Å²) in [6.45, 7) is 5.25. The smallest absolute Gasteiger partial charge is 0.183 e. The van der Waals surface area contributed by atoms with Crippen LogP contribution in [0.2, 0.25) is 0 Å². The van der Waals surface area contributed by atoms with Crippen LogP contribution in [-0.2, 0) is 0 Å². The van der Waals surface area contributed by atoms with Crippen LogP contribution in [0.5, 0.6) is 0 Å². The lowest BCUT2D eigenvalue weighted by Gasteiger charge is -2.04. The van der Waals surface area contributed by atoms with Crippen molar-refractivity contribution in [1.82, 2.24) is 4.98 Å². The van der Waals surface area contributed by atoms with Crippen LogP contribution >= 0.6 is 11.3 Å². The molecule has 0 atom stereocenters. The molecule has 0 amide bonds. The van der Waals surface area contributed by atoms with E-state index in [4.69, 9.17) is 5.26 Å². The van der Waals surface area contributed by atoms with Crippen LogP contribution in [0.1, 0.15) is 19.4 Å². The number of hydrogen-bond donors (Lipinski definition) is 1. The van der Waals surface area contributed by atoms with Gasteiger partial charge in [-0.1, -0.05) is 37.3 Å². The van der Waals surface area contributed by atoms with Gasteiger partial charge in [-0.2, -0.15) is 5.26 Å². The Morgan fingerprint density at radius 3 is 3.00 bits per heavy atom. The summed E-state index contributed by atoms with van der Waals surface area (Å²) < 4.78 is 0. The van der Waals surface area contributed by atoms with Gasteiger partial charge in [0, 0.05) is 12.7 Å². The molecule has 1 aromatic carbocycles. The first-order valence-corrected chi connectivity index (χ1v) is 6.71. The van der Waals surface area contributed by atoms with Gasteiger partial charge in [0.05, 0.1) is 16.5 Å². The van der Waals surface area contributed by atoms with Crippen molar-refractivity contribution in [2.75, 3.05) is 11.9 Å². The molecule has 18 heavy (non-hydrogen) atoms. The number of nitrogens with one attached hydrogen (secondary N) is 1. The highest BCUT2D eigenvalue weighted by atomic mass is 32.1. The van der Waals surface area contributed by atoms with Crippen LogP contribution in [0.4, 0.5) is 5.13 Å². The quantitative estimate of drug-likeness (QED) is 0.907.